The molecule has 94 valence electrons. The number of anilines is 1. The molecule has 1 N–H and O–H groups in total. The van der Waals surface area contributed by atoms with Gasteiger partial charge in [0.05, 0.1) is 9.40 Å². The summed E-state index contributed by atoms with van der Waals surface area (Å²) in [4.78, 5) is 17.9. The Kier molecular flexibility index (Phi) is 3.82. The van der Waals surface area contributed by atoms with E-state index in [4.69, 9.17) is 4.52 Å². The highest BCUT2D eigenvalue weighted by Crippen LogP contribution is 2.24. The molecule has 0 saturated carbocycles. The zero-order valence-electron chi connectivity index (χ0n) is 9.04. The third-order valence-electron chi connectivity index (χ3n) is 2.08. The minimum Gasteiger partial charge on any atom is -0.369 e. The summed E-state index contributed by atoms with van der Waals surface area (Å²) in [7, 11) is 0. The summed E-state index contributed by atoms with van der Waals surface area (Å²) in [6, 6.07) is 1.39. The van der Waals surface area contributed by atoms with Gasteiger partial charge >= 0.3 is 0 Å². The maximum atomic E-state index is 10.5. The molecule has 18 heavy (non-hydrogen) atoms. The van der Waals surface area contributed by atoms with Crippen molar-refractivity contribution < 1.29 is 9.45 Å². The van der Waals surface area contributed by atoms with E-state index in [0.717, 1.165) is 0 Å². The van der Waals surface area contributed by atoms with Crippen LogP contribution in [0.3, 0.4) is 0 Å². The van der Waals surface area contributed by atoms with Gasteiger partial charge in [0.2, 0.25) is 5.89 Å². The standard InChI is InChI=1S/C9H8BrN5O3/c10-7-3-6(15(16)17)4-12-9(7)11-2-1-8-13-5-14-18-8/h3-5H,1-2H2,(H,11,12). The van der Waals surface area contributed by atoms with Gasteiger partial charge in [0.15, 0.2) is 6.33 Å². The maximum absolute atomic E-state index is 10.5. The van der Waals surface area contributed by atoms with Crippen molar-refractivity contribution in [2.75, 3.05) is 11.9 Å². The fraction of sp³-hybridized carbons (Fsp3) is 0.222. The molecule has 0 radical (unpaired) electrons. The molecular formula is C9H8BrN5O3. The molecule has 0 aliphatic rings. The third kappa shape index (κ3) is 3.00. The van der Waals surface area contributed by atoms with E-state index in [-0.39, 0.29) is 5.69 Å². The van der Waals surface area contributed by atoms with Crippen LogP contribution < -0.4 is 5.32 Å². The van der Waals surface area contributed by atoms with Crippen LogP contribution in [0.1, 0.15) is 5.89 Å². The molecule has 0 aliphatic heterocycles. The van der Waals surface area contributed by atoms with Crippen LogP contribution in [0.15, 0.2) is 27.6 Å². The van der Waals surface area contributed by atoms with Crippen molar-refractivity contribution in [2.24, 2.45) is 0 Å². The summed E-state index contributed by atoms with van der Waals surface area (Å²) < 4.78 is 5.36. The van der Waals surface area contributed by atoms with Crippen molar-refractivity contribution in [3.05, 3.63) is 39.1 Å². The molecule has 0 aromatic carbocycles. The molecule has 0 atom stereocenters. The molecule has 2 aromatic heterocycles. The van der Waals surface area contributed by atoms with Gasteiger partial charge in [-0.25, -0.2) is 4.98 Å². The van der Waals surface area contributed by atoms with Gasteiger partial charge in [-0.3, -0.25) is 10.1 Å². The van der Waals surface area contributed by atoms with Crippen LogP contribution in [0.5, 0.6) is 0 Å². The largest absolute Gasteiger partial charge is 0.369 e. The second kappa shape index (κ2) is 5.54. The van der Waals surface area contributed by atoms with E-state index in [0.29, 0.717) is 29.1 Å². The van der Waals surface area contributed by atoms with Gasteiger partial charge in [-0.2, -0.15) is 4.98 Å². The molecule has 2 heterocycles. The fourth-order valence-corrected chi connectivity index (χ4v) is 1.73. The summed E-state index contributed by atoms with van der Waals surface area (Å²) in [5, 5.41) is 17.0. The minimum atomic E-state index is -0.500. The Morgan fingerprint density at radius 1 is 1.50 bits per heavy atom. The first kappa shape index (κ1) is 12.4. The van der Waals surface area contributed by atoms with E-state index in [2.05, 4.69) is 36.4 Å². The van der Waals surface area contributed by atoms with E-state index in [1.807, 2.05) is 0 Å². The van der Waals surface area contributed by atoms with Crippen LogP contribution in [-0.2, 0) is 6.42 Å². The quantitative estimate of drug-likeness (QED) is 0.662. The molecule has 8 nitrogen and oxygen atoms in total. The predicted octanol–water partition coefficient (Wildman–Crippen LogP) is 1.79. The van der Waals surface area contributed by atoms with Gasteiger partial charge in [0.1, 0.15) is 12.0 Å². The lowest BCUT2D eigenvalue weighted by Gasteiger charge is -2.05. The van der Waals surface area contributed by atoms with Crippen LogP contribution in [-0.4, -0.2) is 26.6 Å². The fourth-order valence-electron chi connectivity index (χ4n) is 1.25. The van der Waals surface area contributed by atoms with Crippen molar-refractivity contribution in [3.63, 3.8) is 0 Å². The number of nitrogens with one attached hydrogen (secondary N) is 1. The van der Waals surface area contributed by atoms with E-state index in [1.54, 1.807) is 0 Å². The van der Waals surface area contributed by atoms with Gasteiger partial charge in [0.25, 0.3) is 5.69 Å². The van der Waals surface area contributed by atoms with Gasteiger partial charge in [-0.1, -0.05) is 5.16 Å². The molecule has 2 aromatic rings. The Hall–Kier alpha value is -2.03. The number of nitrogens with zero attached hydrogens (tertiary/aromatic N) is 4. The second-order valence-electron chi connectivity index (χ2n) is 3.29. The van der Waals surface area contributed by atoms with Gasteiger partial charge < -0.3 is 9.84 Å². The third-order valence-corrected chi connectivity index (χ3v) is 2.68. The molecule has 0 aliphatic carbocycles. The molecular weight excluding hydrogens is 306 g/mol. The molecule has 0 spiro atoms. The highest BCUT2D eigenvalue weighted by atomic mass is 79.9. The van der Waals surface area contributed by atoms with E-state index in [9.17, 15) is 10.1 Å². The zero-order valence-corrected chi connectivity index (χ0v) is 10.6. The lowest BCUT2D eigenvalue weighted by Crippen LogP contribution is -2.07. The summed E-state index contributed by atoms with van der Waals surface area (Å²) in [5.41, 5.74) is -0.0654. The molecule has 0 saturated heterocycles. The number of nitro groups is 1. The van der Waals surface area contributed by atoms with Crippen LogP contribution in [0.2, 0.25) is 0 Å². The monoisotopic (exact) mass is 313 g/mol. The van der Waals surface area contributed by atoms with E-state index in [1.165, 1.54) is 18.6 Å². The average molecular weight is 314 g/mol. The van der Waals surface area contributed by atoms with Gasteiger partial charge in [-0.15, -0.1) is 0 Å². The highest BCUT2D eigenvalue weighted by molar-refractivity contribution is 9.10. The van der Waals surface area contributed by atoms with Crippen molar-refractivity contribution in [2.45, 2.75) is 6.42 Å². The predicted molar refractivity (Wildman–Crippen MR) is 65.1 cm³/mol. The Bertz CT molecular complexity index is 545. The van der Waals surface area contributed by atoms with Crippen LogP contribution >= 0.6 is 15.9 Å². The van der Waals surface area contributed by atoms with Gasteiger partial charge in [-0.05, 0) is 15.9 Å². The van der Waals surface area contributed by atoms with Crippen LogP contribution in [0.4, 0.5) is 11.5 Å². The number of pyridine rings is 1. The number of halogens is 1. The summed E-state index contributed by atoms with van der Waals surface area (Å²) in [5.74, 6) is 1.04. The molecule has 2 rings (SSSR count). The van der Waals surface area contributed by atoms with Gasteiger partial charge in [0, 0.05) is 19.0 Å². The van der Waals surface area contributed by atoms with Crippen LogP contribution in [0, 0.1) is 10.1 Å². The molecule has 0 unspecified atom stereocenters. The summed E-state index contributed by atoms with van der Waals surface area (Å²) >= 11 is 3.21. The second-order valence-corrected chi connectivity index (χ2v) is 4.15. The Balaban J connectivity index is 1.95. The van der Waals surface area contributed by atoms with Crippen molar-refractivity contribution in [3.8, 4) is 0 Å². The topological polar surface area (TPSA) is 107 Å². The number of aromatic nitrogens is 3. The number of rotatable bonds is 5. The molecule has 9 heteroatoms. The SMILES string of the molecule is O=[N+]([O-])c1cnc(NCCc2ncno2)c(Br)c1. The smallest absolute Gasteiger partial charge is 0.288 e. The first-order chi connectivity index (χ1) is 8.66. The number of hydrogen-bond acceptors (Lipinski definition) is 7. The molecule has 0 amide bonds. The van der Waals surface area contributed by atoms with Crippen LogP contribution in [0.25, 0.3) is 0 Å². The van der Waals surface area contributed by atoms with E-state index < -0.39 is 4.92 Å². The number of hydrogen-bond donors (Lipinski definition) is 1. The van der Waals surface area contributed by atoms with E-state index >= 15 is 0 Å². The minimum absolute atomic E-state index is 0.0654. The summed E-state index contributed by atoms with van der Waals surface area (Å²) in [6.45, 7) is 0.533. The lowest BCUT2D eigenvalue weighted by atomic mass is 10.4. The zero-order chi connectivity index (χ0) is 13.0. The van der Waals surface area contributed by atoms with Crippen molar-refractivity contribution in [1.29, 1.82) is 0 Å². The first-order valence-electron chi connectivity index (χ1n) is 4.96. The normalized spacial score (nSPS) is 10.3. The molecule has 0 bridgehead atoms. The first-order valence-corrected chi connectivity index (χ1v) is 5.75. The molecule has 0 fully saturated rings. The Labute approximate surface area is 110 Å². The lowest BCUT2D eigenvalue weighted by molar-refractivity contribution is -0.385. The van der Waals surface area contributed by atoms with Crippen molar-refractivity contribution in [1.82, 2.24) is 15.1 Å². The maximum Gasteiger partial charge on any atom is 0.288 e. The summed E-state index contributed by atoms with van der Waals surface area (Å²) in [6.07, 6.45) is 3.07. The highest BCUT2D eigenvalue weighted by Gasteiger charge is 2.10. The Morgan fingerprint density at radius 3 is 2.94 bits per heavy atom. The average Bonchev–Trinajstić information content (AvgIpc) is 2.84. The van der Waals surface area contributed by atoms with Crippen molar-refractivity contribution >= 4 is 27.4 Å². The Morgan fingerprint density at radius 2 is 2.33 bits per heavy atom.